The number of amides is 1. The molecule has 0 bridgehead atoms. The fourth-order valence-electron chi connectivity index (χ4n) is 2.38. The zero-order chi connectivity index (χ0) is 14.9. The van der Waals surface area contributed by atoms with Crippen LogP contribution in [0.4, 0.5) is 4.79 Å². The largest absolute Gasteiger partial charge is 0.444 e. The highest BCUT2D eigenvalue weighted by Gasteiger charge is 2.45. The summed E-state index contributed by atoms with van der Waals surface area (Å²) in [5.41, 5.74) is -0.620. The third-order valence-corrected chi connectivity index (χ3v) is 3.28. The molecule has 0 unspecified atom stereocenters. The number of nitrogens with one attached hydrogen (secondary N) is 1. The van der Waals surface area contributed by atoms with Crippen LogP contribution in [0.2, 0.25) is 0 Å². The molecule has 1 saturated heterocycles. The van der Waals surface area contributed by atoms with Gasteiger partial charge < -0.3 is 24.6 Å². The second-order valence-electron chi connectivity index (χ2n) is 6.08. The lowest BCUT2D eigenvalue weighted by Crippen LogP contribution is -2.51. The lowest BCUT2D eigenvalue weighted by molar-refractivity contribution is -0.128. The van der Waals surface area contributed by atoms with Crippen LogP contribution in [0.1, 0.15) is 33.6 Å². The Morgan fingerprint density at radius 3 is 2.75 bits per heavy atom. The Morgan fingerprint density at radius 2 is 2.10 bits per heavy atom. The molecule has 1 amide bonds. The molecule has 7 nitrogen and oxygen atoms in total. The van der Waals surface area contributed by atoms with Crippen LogP contribution < -0.4 is 5.32 Å². The molecule has 2 rings (SSSR count). The van der Waals surface area contributed by atoms with Gasteiger partial charge in [0.1, 0.15) is 30.7 Å². The number of rotatable bonds is 1. The molecular weight excluding hydrogens is 266 g/mol. The van der Waals surface area contributed by atoms with E-state index in [4.69, 9.17) is 14.2 Å². The molecule has 7 heteroatoms. The van der Waals surface area contributed by atoms with Gasteiger partial charge in [-0.2, -0.15) is 0 Å². The van der Waals surface area contributed by atoms with E-state index in [9.17, 15) is 14.7 Å². The quantitative estimate of drug-likeness (QED) is 0.722. The molecule has 0 aromatic rings. The summed E-state index contributed by atoms with van der Waals surface area (Å²) in [5.74, 6) is -0.111. The van der Waals surface area contributed by atoms with Crippen LogP contribution in [0.25, 0.3) is 0 Å². The van der Waals surface area contributed by atoms with E-state index in [1.165, 1.54) is 0 Å². The van der Waals surface area contributed by atoms with Crippen molar-refractivity contribution < 1.29 is 28.9 Å². The maximum absolute atomic E-state index is 11.8. The van der Waals surface area contributed by atoms with Crippen LogP contribution in [-0.4, -0.2) is 53.7 Å². The molecule has 1 heterocycles. The van der Waals surface area contributed by atoms with Gasteiger partial charge in [0.2, 0.25) is 0 Å². The van der Waals surface area contributed by atoms with E-state index in [0.29, 0.717) is 6.42 Å². The number of ether oxygens (including phenoxy) is 3. The molecule has 20 heavy (non-hydrogen) atoms. The molecule has 114 valence electrons. The Balaban J connectivity index is 2.01. The van der Waals surface area contributed by atoms with Gasteiger partial charge in [-0.25, -0.2) is 4.79 Å². The molecule has 2 aliphatic rings. The van der Waals surface area contributed by atoms with Crippen LogP contribution in [0.5, 0.6) is 0 Å². The van der Waals surface area contributed by atoms with Crippen molar-refractivity contribution in [1.29, 1.82) is 0 Å². The van der Waals surface area contributed by atoms with Crippen molar-refractivity contribution in [3.63, 3.8) is 0 Å². The van der Waals surface area contributed by atoms with Gasteiger partial charge in [0.05, 0.1) is 6.04 Å². The third kappa shape index (κ3) is 3.47. The standard InChI is InChI=1S/C13H21NO6/c1-13(2,3)20-12(17)14-7-4-5-8(15)10-11(9(7)16)19-6-18-10/h7,9-11,16H,4-6H2,1-3H3,(H,14,17)/t7-,9-,10-,11-/m0/s1. The van der Waals surface area contributed by atoms with Gasteiger partial charge in [0, 0.05) is 6.42 Å². The summed E-state index contributed by atoms with van der Waals surface area (Å²) in [7, 11) is 0. The average molecular weight is 287 g/mol. The number of aliphatic hydroxyl groups excluding tert-OH is 1. The zero-order valence-electron chi connectivity index (χ0n) is 11.9. The van der Waals surface area contributed by atoms with E-state index >= 15 is 0 Å². The van der Waals surface area contributed by atoms with Gasteiger partial charge in [-0.15, -0.1) is 0 Å². The van der Waals surface area contributed by atoms with E-state index < -0.39 is 36.0 Å². The normalized spacial score (nSPS) is 34.3. The van der Waals surface area contributed by atoms with Crippen molar-refractivity contribution in [2.24, 2.45) is 0 Å². The predicted octanol–water partition coefficient (Wildman–Crippen LogP) is 0.345. The van der Waals surface area contributed by atoms with Gasteiger partial charge in [-0.05, 0) is 27.2 Å². The van der Waals surface area contributed by atoms with Crippen molar-refractivity contribution in [3.05, 3.63) is 0 Å². The molecule has 2 fully saturated rings. The van der Waals surface area contributed by atoms with Gasteiger partial charge in [0.25, 0.3) is 0 Å². The number of carbonyl (C=O) groups is 2. The topological polar surface area (TPSA) is 94.1 Å². The molecule has 1 aliphatic carbocycles. The van der Waals surface area contributed by atoms with Crippen LogP contribution >= 0.6 is 0 Å². The Bertz CT molecular complexity index is 391. The van der Waals surface area contributed by atoms with Gasteiger partial charge in [-0.1, -0.05) is 0 Å². The smallest absolute Gasteiger partial charge is 0.407 e. The minimum Gasteiger partial charge on any atom is -0.444 e. The maximum atomic E-state index is 11.8. The fourth-order valence-corrected chi connectivity index (χ4v) is 2.38. The van der Waals surface area contributed by atoms with Crippen LogP contribution in [0, 0.1) is 0 Å². The monoisotopic (exact) mass is 287 g/mol. The number of Topliss-reactive ketones (excluding diaryl/α,β-unsaturated/α-hetero) is 1. The molecule has 0 aromatic carbocycles. The van der Waals surface area contributed by atoms with Gasteiger partial charge in [-0.3, -0.25) is 4.79 Å². The first-order valence-electron chi connectivity index (χ1n) is 6.71. The Morgan fingerprint density at radius 1 is 1.40 bits per heavy atom. The van der Waals surface area contributed by atoms with Crippen LogP contribution in [0.3, 0.4) is 0 Å². The maximum Gasteiger partial charge on any atom is 0.407 e. The number of ketones is 1. The van der Waals surface area contributed by atoms with E-state index in [0.717, 1.165) is 0 Å². The van der Waals surface area contributed by atoms with E-state index in [1.54, 1.807) is 20.8 Å². The first-order chi connectivity index (χ1) is 9.28. The second-order valence-corrected chi connectivity index (χ2v) is 6.08. The molecule has 1 aliphatic heterocycles. The highest BCUT2D eigenvalue weighted by atomic mass is 16.7. The summed E-state index contributed by atoms with van der Waals surface area (Å²) in [6.07, 6.45) is -2.53. The molecule has 0 spiro atoms. The van der Waals surface area contributed by atoms with Crippen molar-refractivity contribution >= 4 is 11.9 Å². The average Bonchev–Trinajstić information content (AvgIpc) is 2.76. The van der Waals surface area contributed by atoms with Crippen LogP contribution in [0.15, 0.2) is 0 Å². The minimum atomic E-state index is -0.999. The number of carbonyl (C=O) groups excluding carboxylic acids is 2. The number of hydrogen-bond acceptors (Lipinski definition) is 6. The predicted molar refractivity (Wildman–Crippen MR) is 68.0 cm³/mol. The fraction of sp³-hybridized carbons (Fsp3) is 0.846. The summed E-state index contributed by atoms with van der Waals surface area (Å²) in [4.78, 5) is 23.6. The summed E-state index contributed by atoms with van der Waals surface area (Å²) >= 11 is 0. The zero-order valence-corrected chi connectivity index (χ0v) is 11.9. The lowest BCUT2D eigenvalue weighted by Gasteiger charge is -2.27. The molecule has 0 aromatic heterocycles. The van der Waals surface area contributed by atoms with E-state index in [-0.39, 0.29) is 19.0 Å². The summed E-state index contributed by atoms with van der Waals surface area (Å²) in [6, 6.07) is -0.592. The molecule has 0 radical (unpaired) electrons. The summed E-state index contributed by atoms with van der Waals surface area (Å²) in [6.45, 7) is 5.24. The minimum absolute atomic E-state index is 0.0166. The number of alkyl carbamates (subject to hydrolysis) is 1. The van der Waals surface area contributed by atoms with Crippen LogP contribution in [-0.2, 0) is 19.0 Å². The van der Waals surface area contributed by atoms with Crippen molar-refractivity contribution in [2.45, 2.75) is 63.6 Å². The first-order valence-corrected chi connectivity index (χ1v) is 6.71. The number of hydrogen-bond donors (Lipinski definition) is 2. The second kappa shape index (κ2) is 5.67. The van der Waals surface area contributed by atoms with Crippen molar-refractivity contribution in [2.75, 3.05) is 6.79 Å². The van der Waals surface area contributed by atoms with Crippen molar-refractivity contribution in [1.82, 2.24) is 5.32 Å². The Kier molecular flexibility index (Phi) is 4.31. The van der Waals surface area contributed by atoms with Gasteiger partial charge in [0.15, 0.2) is 5.78 Å². The van der Waals surface area contributed by atoms with Gasteiger partial charge >= 0.3 is 6.09 Å². The molecule has 2 N–H and O–H groups in total. The Hall–Kier alpha value is -1.18. The highest BCUT2D eigenvalue weighted by Crippen LogP contribution is 2.26. The first kappa shape index (κ1) is 15.2. The van der Waals surface area contributed by atoms with Crippen molar-refractivity contribution in [3.8, 4) is 0 Å². The SMILES string of the molecule is CC(C)(C)OC(=O)N[C@H]1CCC(=O)[C@@H]2OCO[C@H]2[C@H]1O. The van der Waals surface area contributed by atoms with E-state index in [2.05, 4.69) is 5.32 Å². The molecule has 4 atom stereocenters. The molecular formula is C13H21NO6. The number of aliphatic hydroxyl groups is 1. The highest BCUT2D eigenvalue weighted by molar-refractivity contribution is 5.84. The van der Waals surface area contributed by atoms with E-state index in [1.807, 2.05) is 0 Å². The Labute approximate surface area is 117 Å². The summed E-state index contributed by atoms with van der Waals surface area (Å²) in [5, 5.41) is 12.9. The number of fused-ring (bicyclic) bond motifs is 1. The summed E-state index contributed by atoms with van der Waals surface area (Å²) < 4.78 is 15.6. The third-order valence-electron chi connectivity index (χ3n) is 3.28. The molecule has 1 saturated carbocycles. The lowest BCUT2D eigenvalue weighted by atomic mass is 10.0.